The predicted molar refractivity (Wildman–Crippen MR) is 76.5 cm³/mol. The van der Waals surface area contributed by atoms with Crippen LogP contribution in [0.1, 0.15) is 24.5 Å². The smallest absolute Gasteiger partial charge is 0.226 e. The fourth-order valence-electron chi connectivity index (χ4n) is 1.66. The van der Waals surface area contributed by atoms with Gasteiger partial charge in [0, 0.05) is 18.1 Å². The molecule has 0 heterocycles. The summed E-state index contributed by atoms with van der Waals surface area (Å²) in [6.45, 7) is 4.33. The summed E-state index contributed by atoms with van der Waals surface area (Å²) in [5.41, 5.74) is 2.16. The average molecular weight is 314 g/mol. The summed E-state index contributed by atoms with van der Waals surface area (Å²) < 4.78 is 1.03. The second kappa shape index (κ2) is 6.90. The van der Waals surface area contributed by atoms with Crippen molar-refractivity contribution < 1.29 is 9.90 Å². The molecule has 0 saturated carbocycles. The summed E-state index contributed by atoms with van der Waals surface area (Å²) in [4.78, 5) is 13.7. The number of hydrogen-bond donors (Lipinski definition) is 1. The van der Waals surface area contributed by atoms with Crippen LogP contribution in [0.15, 0.2) is 22.7 Å². The molecular weight excluding hydrogens is 294 g/mol. The Morgan fingerprint density at radius 2 is 2.17 bits per heavy atom. The lowest BCUT2D eigenvalue weighted by Crippen LogP contribution is -2.30. The summed E-state index contributed by atoms with van der Waals surface area (Å²) in [5.74, 6) is 0.0843. The van der Waals surface area contributed by atoms with Crippen LogP contribution in [-0.4, -0.2) is 35.6 Å². The zero-order valence-corrected chi connectivity index (χ0v) is 12.7. The molecular formula is C14H20BrNO2. The van der Waals surface area contributed by atoms with Gasteiger partial charge in [0.1, 0.15) is 0 Å². The Balaban J connectivity index is 2.58. The first kappa shape index (κ1) is 15.2. The van der Waals surface area contributed by atoms with Gasteiger partial charge in [0.05, 0.1) is 12.5 Å². The van der Waals surface area contributed by atoms with Crippen LogP contribution < -0.4 is 0 Å². The van der Waals surface area contributed by atoms with Crippen molar-refractivity contribution in [3.63, 3.8) is 0 Å². The van der Waals surface area contributed by atoms with Gasteiger partial charge in [-0.15, -0.1) is 0 Å². The zero-order valence-electron chi connectivity index (χ0n) is 11.1. The molecule has 18 heavy (non-hydrogen) atoms. The van der Waals surface area contributed by atoms with Crippen LogP contribution in [0.5, 0.6) is 0 Å². The molecule has 0 aliphatic heterocycles. The van der Waals surface area contributed by atoms with Crippen LogP contribution in [0.4, 0.5) is 0 Å². The minimum Gasteiger partial charge on any atom is -0.393 e. The largest absolute Gasteiger partial charge is 0.393 e. The first-order valence-corrected chi connectivity index (χ1v) is 6.86. The molecule has 0 spiro atoms. The Labute approximate surface area is 117 Å². The Morgan fingerprint density at radius 3 is 2.72 bits per heavy atom. The van der Waals surface area contributed by atoms with Gasteiger partial charge in [-0.2, -0.15) is 0 Å². The second-order valence-electron chi connectivity index (χ2n) is 4.70. The fraction of sp³-hybridized carbons (Fsp3) is 0.500. The number of aryl methyl sites for hydroxylation is 1. The van der Waals surface area contributed by atoms with E-state index in [-0.39, 0.29) is 12.0 Å². The lowest BCUT2D eigenvalue weighted by molar-refractivity contribution is -0.129. The quantitative estimate of drug-likeness (QED) is 0.907. The third-order valence-corrected chi connectivity index (χ3v) is 3.45. The second-order valence-corrected chi connectivity index (χ2v) is 5.62. The lowest BCUT2D eigenvalue weighted by atomic mass is 10.1. The third kappa shape index (κ3) is 4.78. The molecule has 0 radical (unpaired) electrons. The number of rotatable bonds is 5. The summed E-state index contributed by atoms with van der Waals surface area (Å²) in [7, 11) is 1.78. The highest BCUT2D eigenvalue weighted by molar-refractivity contribution is 9.10. The van der Waals surface area contributed by atoms with Gasteiger partial charge in [0.2, 0.25) is 5.91 Å². The third-order valence-electron chi connectivity index (χ3n) is 2.95. The first-order chi connectivity index (χ1) is 8.40. The average Bonchev–Trinajstić information content (AvgIpc) is 2.29. The van der Waals surface area contributed by atoms with Crippen LogP contribution in [0, 0.1) is 6.92 Å². The van der Waals surface area contributed by atoms with Crippen molar-refractivity contribution in [2.75, 3.05) is 13.6 Å². The van der Waals surface area contributed by atoms with E-state index in [2.05, 4.69) is 15.9 Å². The summed E-state index contributed by atoms with van der Waals surface area (Å²) >= 11 is 3.41. The van der Waals surface area contributed by atoms with E-state index in [1.165, 1.54) is 0 Å². The van der Waals surface area contributed by atoms with Crippen LogP contribution >= 0.6 is 15.9 Å². The van der Waals surface area contributed by atoms with Gasteiger partial charge >= 0.3 is 0 Å². The van der Waals surface area contributed by atoms with Gasteiger partial charge in [-0.3, -0.25) is 4.79 Å². The molecule has 0 aromatic heterocycles. The van der Waals surface area contributed by atoms with Crippen LogP contribution in [0.2, 0.25) is 0 Å². The van der Waals surface area contributed by atoms with E-state index in [4.69, 9.17) is 0 Å². The van der Waals surface area contributed by atoms with Crippen molar-refractivity contribution in [3.8, 4) is 0 Å². The molecule has 1 N–H and O–H groups in total. The van der Waals surface area contributed by atoms with Crippen molar-refractivity contribution in [1.29, 1.82) is 0 Å². The topological polar surface area (TPSA) is 40.5 Å². The molecule has 1 unspecified atom stereocenters. The van der Waals surface area contributed by atoms with Crippen molar-refractivity contribution in [2.45, 2.75) is 32.8 Å². The number of benzene rings is 1. The molecule has 0 aliphatic carbocycles. The van der Waals surface area contributed by atoms with Crippen molar-refractivity contribution in [2.24, 2.45) is 0 Å². The van der Waals surface area contributed by atoms with Gasteiger partial charge in [0.25, 0.3) is 0 Å². The van der Waals surface area contributed by atoms with Crippen LogP contribution in [-0.2, 0) is 11.2 Å². The maximum atomic E-state index is 12.0. The molecule has 3 nitrogen and oxygen atoms in total. The van der Waals surface area contributed by atoms with Gasteiger partial charge < -0.3 is 10.0 Å². The monoisotopic (exact) mass is 313 g/mol. The van der Waals surface area contributed by atoms with E-state index in [0.717, 1.165) is 15.6 Å². The number of amides is 1. The van der Waals surface area contributed by atoms with Gasteiger partial charge in [-0.05, 0) is 43.5 Å². The summed E-state index contributed by atoms with van der Waals surface area (Å²) in [5, 5.41) is 9.20. The van der Waals surface area contributed by atoms with E-state index in [1.54, 1.807) is 18.9 Å². The van der Waals surface area contributed by atoms with Crippen LogP contribution in [0.3, 0.4) is 0 Å². The van der Waals surface area contributed by atoms with E-state index >= 15 is 0 Å². The summed E-state index contributed by atoms with van der Waals surface area (Å²) in [6, 6.07) is 5.93. The molecule has 1 aromatic carbocycles. The van der Waals surface area contributed by atoms with Crippen LogP contribution in [0.25, 0.3) is 0 Å². The Kier molecular flexibility index (Phi) is 5.82. The normalized spacial score (nSPS) is 12.3. The SMILES string of the molecule is Cc1cc(Br)ccc1CC(=O)N(C)CCC(C)O. The fourth-order valence-corrected chi connectivity index (χ4v) is 2.14. The predicted octanol–water partition coefficient (Wildman–Crippen LogP) is 2.53. The number of nitrogens with zero attached hydrogens (tertiary/aromatic N) is 1. The summed E-state index contributed by atoms with van der Waals surface area (Å²) in [6.07, 6.45) is 0.659. The zero-order chi connectivity index (χ0) is 13.7. The van der Waals surface area contributed by atoms with Gasteiger partial charge in [0.15, 0.2) is 0 Å². The van der Waals surface area contributed by atoms with E-state index in [9.17, 15) is 9.90 Å². The Morgan fingerprint density at radius 1 is 1.50 bits per heavy atom. The number of aliphatic hydroxyl groups excluding tert-OH is 1. The number of carbonyl (C=O) groups excluding carboxylic acids is 1. The van der Waals surface area contributed by atoms with E-state index in [0.29, 0.717) is 19.4 Å². The standard InChI is InChI=1S/C14H20BrNO2/c1-10-8-13(15)5-4-12(10)9-14(18)16(3)7-6-11(2)17/h4-5,8,11,17H,6-7,9H2,1-3H3. The highest BCUT2D eigenvalue weighted by atomic mass is 79.9. The number of aliphatic hydroxyl groups is 1. The number of carbonyl (C=O) groups is 1. The molecule has 1 amide bonds. The highest BCUT2D eigenvalue weighted by Crippen LogP contribution is 2.16. The molecule has 100 valence electrons. The lowest BCUT2D eigenvalue weighted by Gasteiger charge is -2.18. The minimum absolute atomic E-state index is 0.0843. The van der Waals surface area contributed by atoms with Crippen molar-refractivity contribution >= 4 is 21.8 Å². The maximum Gasteiger partial charge on any atom is 0.226 e. The molecule has 1 rings (SSSR count). The van der Waals surface area contributed by atoms with E-state index < -0.39 is 0 Å². The first-order valence-electron chi connectivity index (χ1n) is 6.07. The van der Waals surface area contributed by atoms with Gasteiger partial charge in [-0.1, -0.05) is 22.0 Å². The molecule has 4 heteroatoms. The minimum atomic E-state index is -0.366. The van der Waals surface area contributed by atoms with Crippen molar-refractivity contribution in [3.05, 3.63) is 33.8 Å². The number of hydrogen-bond acceptors (Lipinski definition) is 2. The van der Waals surface area contributed by atoms with E-state index in [1.807, 2.05) is 25.1 Å². The molecule has 1 atom stereocenters. The Bertz CT molecular complexity index is 418. The number of likely N-dealkylation sites (N-methyl/N-ethyl adjacent to an activating group) is 1. The van der Waals surface area contributed by atoms with Crippen molar-refractivity contribution in [1.82, 2.24) is 4.90 Å². The molecule has 1 aromatic rings. The molecule has 0 bridgehead atoms. The number of halogens is 1. The molecule has 0 aliphatic rings. The molecule has 0 fully saturated rings. The Hall–Kier alpha value is -0.870. The van der Waals surface area contributed by atoms with Gasteiger partial charge in [-0.25, -0.2) is 0 Å². The highest BCUT2D eigenvalue weighted by Gasteiger charge is 2.11. The molecule has 0 saturated heterocycles. The maximum absolute atomic E-state index is 12.0.